The van der Waals surface area contributed by atoms with E-state index in [9.17, 15) is 5.11 Å². The first-order valence-corrected chi connectivity index (χ1v) is 5.85. The normalized spacial score (nSPS) is 27.1. The van der Waals surface area contributed by atoms with Gasteiger partial charge in [-0.1, -0.05) is 0 Å². The summed E-state index contributed by atoms with van der Waals surface area (Å²) in [5.74, 6) is 1.36. The quantitative estimate of drug-likeness (QED) is 0.701. The summed E-state index contributed by atoms with van der Waals surface area (Å²) in [5.41, 5.74) is 3.12. The summed E-state index contributed by atoms with van der Waals surface area (Å²) < 4.78 is 5.72. The van der Waals surface area contributed by atoms with Crippen molar-refractivity contribution < 1.29 is 9.84 Å². The van der Waals surface area contributed by atoms with Gasteiger partial charge in [0.15, 0.2) is 0 Å². The Morgan fingerprint density at radius 3 is 2.75 bits per heavy atom. The van der Waals surface area contributed by atoms with Gasteiger partial charge in [0.05, 0.1) is 12.1 Å². The Morgan fingerprint density at radius 2 is 2.12 bits per heavy atom. The first kappa shape index (κ1) is 9.97. The van der Waals surface area contributed by atoms with Crippen molar-refractivity contribution in [2.75, 3.05) is 13.2 Å². The first-order valence-electron chi connectivity index (χ1n) is 5.85. The summed E-state index contributed by atoms with van der Waals surface area (Å²) in [5, 5.41) is 13.5. The van der Waals surface area contributed by atoms with Crippen LogP contribution in [0.4, 0.5) is 0 Å². The summed E-state index contributed by atoms with van der Waals surface area (Å²) in [7, 11) is 0. The number of fused-ring (bicyclic) bond motifs is 2. The summed E-state index contributed by atoms with van der Waals surface area (Å²) in [6.07, 6.45) is 2.15. The minimum absolute atomic E-state index is 0.0723. The number of phenolic OH excluding ortho intramolecular Hbond substituents is 1. The van der Waals surface area contributed by atoms with E-state index in [1.54, 1.807) is 0 Å². The van der Waals surface area contributed by atoms with E-state index < -0.39 is 0 Å². The molecule has 16 heavy (non-hydrogen) atoms. The lowest BCUT2D eigenvalue weighted by Gasteiger charge is -2.47. The number of hydrogen-bond donors (Lipinski definition) is 2. The molecule has 2 aliphatic heterocycles. The molecule has 1 unspecified atom stereocenters. The van der Waals surface area contributed by atoms with Gasteiger partial charge in [-0.15, -0.1) is 0 Å². The number of benzene rings is 1. The second kappa shape index (κ2) is 3.14. The molecule has 3 rings (SSSR count). The maximum atomic E-state index is 10.0. The molecular formula is C13H17NO2. The second-order valence-electron chi connectivity index (χ2n) is 4.90. The van der Waals surface area contributed by atoms with E-state index in [0.29, 0.717) is 5.75 Å². The molecule has 3 nitrogen and oxygen atoms in total. The Kier molecular flexibility index (Phi) is 1.96. The summed E-state index contributed by atoms with van der Waals surface area (Å²) in [4.78, 5) is 0. The van der Waals surface area contributed by atoms with Crippen LogP contribution in [0.1, 0.15) is 29.5 Å². The zero-order chi connectivity index (χ0) is 11.3. The van der Waals surface area contributed by atoms with Crippen LogP contribution < -0.4 is 10.1 Å². The third-order valence-electron chi connectivity index (χ3n) is 3.98. The second-order valence-corrected chi connectivity index (χ2v) is 4.90. The molecule has 2 N–H and O–H groups in total. The van der Waals surface area contributed by atoms with Crippen LogP contribution in [-0.2, 0) is 5.54 Å². The number of rotatable bonds is 0. The standard InChI is InChI=1S/C13H17NO2/c1-8-7-10-11(9(2)12(8)15)13(3-5-14-13)4-6-16-10/h7,14-15H,3-6H2,1-2H3. The maximum absolute atomic E-state index is 10.0. The third-order valence-corrected chi connectivity index (χ3v) is 3.98. The zero-order valence-corrected chi connectivity index (χ0v) is 9.76. The Bertz CT molecular complexity index is 450. The van der Waals surface area contributed by atoms with Crippen LogP contribution in [0.5, 0.6) is 11.5 Å². The minimum Gasteiger partial charge on any atom is -0.507 e. The average Bonchev–Trinajstić information content (AvgIpc) is 2.23. The lowest BCUT2D eigenvalue weighted by Crippen LogP contribution is -2.56. The molecule has 2 heterocycles. The van der Waals surface area contributed by atoms with E-state index in [-0.39, 0.29) is 5.54 Å². The van der Waals surface area contributed by atoms with Gasteiger partial charge in [0, 0.05) is 12.0 Å². The van der Waals surface area contributed by atoms with Gasteiger partial charge in [-0.2, -0.15) is 0 Å². The molecule has 3 heteroatoms. The SMILES string of the molecule is Cc1cc2c(c(C)c1O)C1(CCN1)CCO2. The molecule has 0 radical (unpaired) electrons. The van der Waals surface area contributed by atoms with E-state index in [0.717, 1.165) is 42.9 Å². The van der Waals surface area contributed by atoms with Crippen LogP contribution in [0.15, 0.2) is 6.07 Å². The molecule has 1 spiro atoms. The molecule has 0 amide bonds. The third kappa shape index (κ3) is 1.12. The van der Waals surface area contributed by atoms with Crippen LogP contribution >= 0.6 is 0 Å². The minimum atomic E-state index is 0.0723. The highest BCUT2D eigenvalue weighted by atomic mass is 16.5. The van der Waals surface area contributed by atoms with Gasteiger partial charge < -0.3 is 15.2 Å². The molecule has 0 aromatic heterocycles. The molecule has 0 saturated carbocycles. The number of nitrogens with one attached hydrogen (secondary N) is 1. The number of aryl methyl sites for hydroxylation is 1. The van der Waals surface area contributed by atoms with E-state index in [2.05, 4.69) is 5.32 Å². The van der Waals surface area contributed by atoms with Crippen molar-refractivity contribution in [2.45, 2.75) is 32.2 Å². The maximum Gasteiger partial charge on any atom is 0.125 e. The number of ether oxygens (including phenoxy) is 1. The predicted octanol–water partition coefficient (Wildman–Crippen LogP) is 1.98. The van der Waals surface area contributed by atoms with Crippen LogP contribution in [-0.4, -0.2) is 18.3 Å². The highest BCUT2D eigenvalue weighted by molar-refractivity contribution is 5.56. The van der Waals surface area contributed by atoms with Gasteiger partial charge in [-0.25, -0.2) is 0 Å². The molecule has 2 aliphatic rings. The molecule has 1 aromatic carbocycles. The molecule has 1 atom stereocenters. The molecule has 1 aromatic rings. The van der Waals surface area contributed by atoms with Crippen molar-refractivity contribution >= 4 is 0 Å². The lowest BCUT2D eigenvalue weighted by molar-refractivity contribution is 0.121. The van der Waals surface area contributed by atoms with Crippen LogP contribution in [0.3, 0.4) is 0 Å². The van der Waals surface area contributed by atoms with Gasteiger partial charge >= 0.3 is 0 Å². The van der Waals surface area contributed by atoms with E-state index in [1.807, 2.05) is 19.9 Å². The van der Waals surface area contributed by atoms with Crippen molar-refractivity contribution in [1.29, 1.82) is 0 Å². The monoisotopic (exact) mass is 219 g/mol. The molecule has 86 valence electrons. The van der Waals surface area contributed by atoms with Gasteiger partial charge in [0.2, 0.25) is 0 Å². The highest BCUT2D eigenvalue weighted by Gasteiger charge is 2.44. The van der Waals surface area contributed by atoms with Crippen LogP contribution in [0, 0.1) is 13.8 Å². The van der Waals surface area contributed by atoms with Crippen molar-refractivity contribution in [1.82, 2.24) is 5.32 Å². The van der Waals surface area contributed by atoms with E-state index >= 15 is 0 Å². The fraction of sp³-hybridized carbons (Fsp3) is 0.538. The van der Waals surface area contributed by atoms with Crippen molar-refractivity contribution in [3.05, 3.63) is 22.8 Å². The van der Waals surface area contributed by atoms with Gasteiger partial charge in [-0.3, -0.25) is 0 Å². The van der Waals surface area contributed by atoms with Crippen molar-refractivity contribution in [3.8, 4) is 11.5 Å². The average molecular weight is 219 g/mol. The number of aromatic hydroxyl groups is 1. The largest absolute Gasteiger partial charge is 0.507 e. The lowest BCUT2D eigenvalue weighted by atomic mass is 9.74. The van der Waals surface area contributed by atoms with E-state index in [4.69, 9.17) is 4.74 Å². The van der Waals surface area contributed by atoms with Gasteiger partial charge in [0.1, 0.15) is 11.5 Å². The smallest absolute Gasteiger partial charge is 0.125 e. The molecule has 1 fully saturated rings. The van der Waals surface area contributed by atoms with Crippen molar-refractivity contribution in [2.24, 2.45) is 0 Å². The Morgan fingerprint density at radius 1 is 1.38 bits per heavy atom. The Hall–Kier alpha value is -1.22. The van der Waals surface area contributed by atoms with Gasteiger partial charge in [-0.05, 0) is 44.0 Å². The van der Waals surface area contributed by atoms with Gasteiger partial charge in [0.25, 0.3) is 0 Å². The fourth-order valence-electron chi connectivity index (χ4n) is 2.96. The fourth-order valence-corrected chi connectivity index (χ4v) is 2.96. The van der Waals surface area contributed by atoms with E-state index in [1.165, 1.54) is 5.56 Å². The molecule has 1 saturated heterocycles. The number of phenols is 1. The summed E-state index contributed by atoms with van der Waals surface area (Å²) >= 11 is 0. The molecular weight excluding hydrogens is 202 g/mol. The molecule has 0 bridgehead atoms. The topological polar surface area (TPSA) is 41.5 Å². The Balaban J connectivity index is 2.23. The Labute approximate surface area is 95.4 Å². The highest BCUT2D eigenvalue weighted by Crippen LogP contribution is 2.47. The number of hydrogen-bond acceptors (Lipinski definition) is 3. The predicted molar refractivity (Wildman–Crippen MR) is 62.0 cm³/mol. The van der Waals surface area contributed by atoms with Crippen LogP contribution in [0.25, 0.3) is 0 Å². The zero-order valence-electron chi connectivity index (χ0n) is 9.76. The molecule has 0 aliphatic carbocycles. The summed E-state index contributed by atoms with van der Waals surface area (Å²) in [6, 6.07) is 1.96. The van der Waals surface area contributed by atoms with Crippen molar-refractivity contribution in [3.63, 3.8) is 0 Å². The first-order chi connectivity index (χ1) is 7.64. The summed E-state index contributed by atoms with van der Waals surface area (Å²) in [6.45, 7) is 5.73. The van der Waals surface area contributed by atoms with Crippen LogP contribution in [0.2, 0.25) is 0 Å².